The average molecular weight is 368 g/mol. The van der Waals surface area contributed by atoms with E-state index in [4.69, 9.17) is 5.73 Å². The van der Waals surface area contributed by atoms with E-state index in [-0.39, 0.29) is 11.8 Å². The summed E-state index contributed by atoms with van der Waals surface area (Å²) in [5, 5.41) is 0. The molecule has 3 aromatic rings. The number of fused-ring (bicyclic) bond motifs is 3. The number of para-hydroxylation sites is 1. The largest absolute Gasteiger partial charge is 0.317 e. The fraction of sp³-hybridized carbons (Fsp3) is 0.160. The summed E-state index contributed by atoms with van der Waals surface area (Å²) in [6.45, 7) is 6.28. The van der Waals surface area contributed by atoms with Gasteiger partial charge in [0.2, 0.25) is 5.91 Å². The summed E-state index contributed by atoms with van der Waals surface area (Å²) in [5.74, 6) is -0.395. The van der Waals surface area contributed by atoms with E-state index in [0.717, 1.165) is 22.4 Å². The summed E-state index contributed by atoms with van der Waals surface area (Å²) < 4.78 is 0. The second-order valence-corrected chi connectivity index (χ2v) is 7.47. The summed E-state index contributed by atoms with van der Waals surface area (Å²) in [4.78, 5) is 15.5. The number of hydrogen-bond acceptors (Lipinski definition) is 2. The third-order valence-electron chi connectivity index (χ3n) is 5.58. The predicted octanol–water partition coefficient (Wildman–Crippen LogP) is 4.89. The maximum atomic E-state index is 13.7. The fourth-order valence-electron chi connectivity index (χ4n) is 4.11. The summed E-state index contributed by atoms with van der Waals surface area (Å²) in [6, 6.07) is 26.1. The van der Waals surface area contributed by atoms with Crippen molar-refractivity contribution in [1.82, 2.24) is 0 Å². The van der Waals surface area contributed by atoms with Gasteiger partial charge < -0.3 is 10.6 Å². The van der Waals surface area contributed by atoms with Crippen molar-refractivity contribution in [3.8, 4) is 11.1 Å². The van der Waals surface area contributed by atoms with Crippen LogP contribution in [0.1, 0.15) is 24.0 Å². The molecule has 0 spiro atoms. The lowest BCUT2D eigenvalue weighted by atomic mass is 9.79. The molecule has 0 radical (unpaired) electrons. The van der Waals surface area contributed by atoms with E-state index in [2.05, 4.69) is 24.8 Å². The van der Waals surface area contributed by atoms with Gasteiger partial charge >= 0.3 is 0 Å². The monoisotopic (exact) mass is 368 g/mol. The first kappa shape index (κ1) is 18.2. The van der Waals surface area contributed by atoms with Crippen LogP contribution in [0.25, 0.3) is 11.1 Å². The smallest absolute Gasteiger partial charge is 0.248 e. The summed E-state index contributed by atoms with van der Waals surface area (Å²) >= 11 is 0. The number of anilines is 1. The van der Waals surface area contributed by atoms with Crippen LogP contribution in [-0.4, -0.2) is 11.4 Å². The van der Waals surface area contributed by atoms with Crippen molar-refractivity contribution in [2.75, 3.05) is 4.90 Å². The lowest BCUT2D eigenvalue weighted by Crippen LogP contribution is -2.57. The van der Waals surface area contributed by atoms with Gasteiger partial charge in [0.1, 0.15) is 5.54 Å². The first-order chi connectivity index (χ1) is 13.5. The Bertz CT molecular complexity index is 1020. The van der Waals surface area contributed by atoms with Crippen LogP contribution in [0.3, 0.4) is 0 Å². The van der Waals surface area contributed by atoms with Gasteiger partial charge in [-0.2, -0.15) is 0 Å². The first-order valence-electron chi connectivity index (χ1n) is 9.49. The van der Waals surface area contributed by atoms with Crippen LogP contribution in [-0.2, 0) is 11.3 Å². The maximum Gasteiger partial charge on any atom is 0.248 e. The molecule has 1 heterocycles. The molecule has 28 heavy (non-hydrogen) atoms. The molecular weight excluding hydrogens is 344 g/mol. The Balaban J connectivity index is 1.76. The molecule has 1 amide bonds. The Kier molecular flexibility index (Phi) is 4.62. The quantitative estimate of drug-likeness (QED) is 0.667. The van der Waals surface area contributed by atoms with Crippen molar-refractivity contribution in [3.63, 3.8) is 0 Å². The van der Waals surface area contributed by atoms with Crippen LogP contribution in [0.2, 0.25) is 0 Å². The van der Waals surface area contributed by atoms with Crippen molar-refractivity contribution >= 4 is 11.6 Å². The topological polar surface area (TPSA) is 46.3 Å². The highest BCUT2D eigenvalue weighted by atomic mass is 16.2. The van der Waals surface area contributed by atoms with Crippen LogP contribution in [0.15, 0.2) is 91.5 Å². The van der Waals surface area contributed by atoms with Gasteiger partial charge in [-0.1, -0.05) is 78.9 Å². The van der Waals surface area contributed by atoms with Gasteiger partial charge in [0.05, 0.1) is 12.2 Å². The van der Waals surface area contributed by atoms with Gasteiger partial charge in [0.15, 0.2) is 0 Å². The highest BCUT2D eigenvalue weighted by molar-refractivity contribution is 6.05. The maximum absolute atomic E-state index is 13.7. The zero-order valence-electron chi connectivity index (χ0n) is 16.0. The molecule has 0 fully saturated rings. The number of amides is 1. The molecule has 0 bridgehead atoms. The Morgan fingerprint density at radius 1 is 1.00 bits per heavy atom. The molecule has 3 nitrogen and oxygen atoms in total. The van der Waals surface area contributed by atoms with E-state index in [9.17, 15) is 4.79 Å². The Morgan fingerprint density at radius 3 is 2.32 bits per heavy atom. The minimum Gasteiger partial charge on any atom is -0.317 e. The summed E-state index contributed by atoms with van der Waals surface area (Å²) in [6.07, 6.45) is 1.77. The second-order valence-electron chi connectivity index (χ2n) is 7.47. The normalized spacial score (nSPS) is 15.7. The second kappa shape index (κ2) is 7.10. The molecule has 2 atom stereocenters. The molecule has 0 aliphatic carbocycles. The average Bonchev–Trinajstić information content (AvgIpc) is 2.73. The molecular formula is C25H24N2O. The van der Waals surface area contributed by atoms with Crippen LogP contribution in [0, 0.1) is 0 Å². The Labute approximate surface area is 166 Å². The third kappa shape index (κ3) is 2.94. The Morgan fingerprint density at radius 2 is 1.61 bits per heavy atom. The van der Waals surface area contributed by atoms with Gasteiger partial charge in [-0.05, 0) is 29.7 Å². The highest BCUT2D eigenvalue weighted by Gasteiger charge is 2.41. The van der Waals surface area contributed by atoms with E-state index in [0.29, 0.717) is 6.54 Å². The standard InChI is InChI=1S/C25H24N2O/c1-3-22(18-11-5-4-6-12-18)25(2,26)24(28)27-17-19-13-7-8-14-20(19)21-15-9-10-16-23(21)27/h3-16,22H,1,17,26H2,2H3/t22-,25+/m0/s1. The number of hydrogen-bond donors (Lipinski definition) is 1. The molecule has 3 heteroatoms. The molecule has 3 aromatic carbocycles. The minimum atomic E-state index is -1.12. The molecule has 0 aromatic heterocycles. The van der Waals surface area contributed by atoms with Gasteiger partial charge in [-0.15, -0.1) is 6.58 Å². The summed E-state index contributed by atoms with van der Waals surface area (Å²) in [5.41, 5.74) is 10.8. The van der Waals surface area contributed by atoms with E-state index in [1.165, 1.54) is 5.56 Å². The van der Waals surface area contributed by atoms with E-state index >= 15 is 0 Å². The lowest BCUT2D eigenvalue weighted by molar-refractivity contribution is -0.123. The SMILES string of the molecule is C=C[C@@H](c1ccccc1)[C@@](C)(N)C(=O)N1Cc2ccccc2-c2ccccc21. The van der Waals surface area contributed by atoms with E-state index in [1.807, 2.05) is 65.6 Å². The van der Waals surface area contributed by atoms with Crippen molar-refractivity contribution in [2.24, 2.45) is 5.73 Å². The number of nitrogens with zero attached hydrogens (tertiary/aromatic N) is 1. The number of rotatable bonds is 4. The molecule has 0 saturated carbocycles. The van der Waals surface area contributed by atoms with Crippen LogP contribution < -0.4 is 10.6 Å². The molecule has 4 rings (SSSR count). The van der Waals surface area contributed by atoms with Crippen molar-refractivity contribution in [3.05, 3.63) is 103 Å². The van der Waals surface area contributed by atoms with Gasteiger partial charge in [0, 0.05) is 11.5 Å². The molecule has 1 aliphatic rings. The molecule has 140 valence electrons. The highest BCUT2D eigenvalue weighted by Crippen LogP contribution is 2.41. The molecule has 0 unspecified atom stereocenters. The van der Waals surface area contributed by atoms with Crippen LogP contribution >= 0.6 is 0 Å². The first-order valence-corrected chi connectivity index (χ1v) is 9.49. The van der Waals surface area contributed by atoms with E-state index in [1.54, 1.807) is 13.0 Å². The van der Waals surface area contributed by atoms with Crippen molar-refractivity contribution in [1.29, 1.82) is 0 Å². The van der Waals surface area contributed by atoms with Gasteiger partial charge in [0.25, 0.3) is 0 Å². The third-order valence-corrected chi connectivity index (χ3v) is 5.58. The van der Waals surface area contributed by atoms with Gasteiger partial charge in [-0.25, -0.2) is 0 Å². The lowest BCUT2D eigenvalue weighted by Gasteiger charge is -2.39. The molecule has 1 aliphatic heterocycles. The van der Waals surface area contributed by atoms with Crippen molar-refractivity contribution in [2.45, 2.75) is 24.9 Å². The van der Waals surface area contributed by atoms with E-state index < -0.39 is 5.54 Å². The van der Waals surface area contributed by atoms with Crippen molar-refractivity contribution < 1.29 is 4.79 Å². The zero-order chi connectivity index (χ0) is 19.7. The zero-order valence-corrected chi connectivity index (χ0v) is 16.0. The predicted molar refractivity (Wildman–Crippen MR) is 115 cm³/mol. The molecule has 0 saturated heterocycles. The minimum absolute atomic E-state index is 0.108. The van der Waals surface area contributed by atoms with Gasteiger partial charge in [-0.3, -0.25) is 4.79 Å². The number of carbonyl (C=O) groups is 1. The number of carbonyl (C=O) groups excluding carboxylic acids is 1. The van der Waals surface area contributed by atoms with Crippen LogP contribution in [0.5, 0.6) is 0 Å². The summed E-state index contributed by atoms with van der Waals surface area (Å²) in [7, 11) is 0. The van der Waals surface area contributed by atoms with Crippen LogP contribution in [0.4, 0.5) is 5.69 Å². The Hall–Kier alpha value is -3.17. The number of benzene rings is 3. The molecule has 2 N–H and O–H groups in total. The fourth-order valence-corrected chi connectivity index (χ4v) is 4.11. The number of nitrogens with two attached hydrogens (primary N) is 1.